The van der Waals surface area contributed by atoms with E-state index in [4.69, 9.17) is 4.74 Å². The third kappa shape index (κ3) is 64.6. The first kappa shape index (κ1) is 76.6. The van der Waals surface area contributed by atoms with Crippen LogP contribution in [0.3, 0.4) is 0 Å². The van der Waals surface area contributed by atoms with Crippen molar-refractivity contribution in [1.29, 1.82) is 0 Å². The molecule has 0 aromatic rings. The molecule has 1 amide bonds. The predicted octanol–water partition coefficient (Wildman–Crippen LogP) is 22.6. The van der Waals surface area contributed by atoms with E-state index in [1.807, 2.05) is 6.08 Å². The Labute approximate surface area is 492 Å². The Hall–Kier alpha value is -2.44. The average molecular weight is 1110 g/mol. The molecule has 2 atom stereocenters. The summed E-state index contributed by atoms with van der Waals surface area (Å²) in [5, 5.41) is 23.2. The normalized spacial score (nSPS) is 12.9. The number of aliphatic hydroxyl groups is 2. The highest BCUT2D eigenvalue weighted by Crippen LogP contribution is 2.18. The lowest BCUT2D eigenvalue weighted by molar-refractivity contribution is -0.143. The van der Waals surface area contributed by atoms with Crippen LogP contribution in [0.1, 0.15) is 367 Å². The molecule has 462 valence electrons. The minimum atomic E-state index is -0.851. The summed E-state index contributed by atoms with van der Waals surface area (Å²) >= 11 is 0. The molecule has 0 aromatic heterocycles. The predicted molar refractivity (Wildman–Crippen MR) is 347 cm³/mol. The van der Waals surface area contributed by atoms with Crippen LogP contribution in [0.15, 0.2) is 60.8 Å². The van der Waals surface area contributed by atoms with Crippen LogP contribution in [0.25, 0.3) is 0 Å². The van der Waals surface area contributed by atoms with Crippen molar-refractivity contribution in [2.75, 3.05) is 13.2 Å². The molecule has 0 saturated carbocycles. The van der Waals surface area contributed by atoms with Gasteiger partial charge in [0.1, 0.15) is 0 Å². The first-order valence-electron chi connectivity index (χ1n) is 35.1. The Bertz CT molecular complexity index is 1370. The van der Waals surface area contributed by atoms with Crippen molar-refractivity contribution in [3.63, 3.8) is 0 Å². The molecular formula is C73H135NO5. The van der Waals surface area contributed by atoms with Gasteiger partial charge in [0.25, 0.3) is 0 Å². The van der Waals surface area contributed by atoms with Crippen LogP contribution in [-0.2, 0) is 14.3 Å². The number of unbranched alkanes of at least 4 members (excludes halogenated alkanes) is 46. The van der Waals surface area contributed by atoms with E-state index in [0.29, 0.717) is 19.4 Å². The topological polar surface area (TPSA) is 95.9 Å². The van der Waals surface area contributed by atoms with Gasteiger partial charge in [-0.25, -0.2) is 0 Å². The fraction of sp³-hybridized carbons (Fsp3) is 0.836. The van der Waals surface area contributed by atoms with E-state index >= 15 is 0 Å². The molecule has 2 unspecified atom stereocenters. The molecule has 6 heteroatoms. The number of rotatable bonds is 65. The molecule has 0 aliphatic carbocycles. The van der Waals surface area contributed by atoms with E-state index in [9.17, 15) is 19.8 Å². The number of nitrogens with one attached hydrogen (secondary N) is 1. The maximum atomic E-state index is 12.5. The van der Waals surface area contributed by atoms with E-state index in [1.165, 1.54) is 283 Å². The zero-order chi connectivity index (χ0) is 57.1. The third-order valence-electron chi connectivity index (χ3n) is 16.0. The summed E-state index contributed by atoms with van der Waals surface area (Å²) < 4.78 is 5.48. The van der Waals surface area contributed by atoms with Gasteiger partial charge < -0.3 is 20.3 Å². The van der Waals surface area contributed by atoms with Crippen molar-refractivity contribution in [2.24, 2.45) is 0 Å². The number of amides is 1. The van der Waals surface area contributed by atoms with Gasteiger partial charge in [-0.1, -0.05) is 319 Å². The largest absolute Gasteiger partial charge is 0.466 e. The van der Waals surface area contributed by atoms with Crippen molar-refractivity contribution in [3.8, 4) is 0 Å². The molecule has 0 spiro atoms. The fourth-order valence-corrected chi connectivity index (χ4v) is 10.6. The summed E-state index contributed by atoms with van der Waals surface area (Å²) in [5.74, 6) is -0.0773. The molecule has 0 bridgehead atoms. The molecule has 0 rings (SSSR count). The smallest absolute Gasteiger partial charge is 0.305 e. The van der Waals surface area contributed by atoms with Crippen molar-refractivity contribution in [3.05, 3.63) is 60.8 Å². The summed E-state index contributed by atoms with van der Waals surface area (Å²) in [6, 6.07) is -0.635. The monoisotopic (exact) mass is 1110 g/mol. The maximum Gasteiger partial charge on any atom is 0.305 e. The highest BCUT2D eigenvalue weighted by molar-refractivity contribution is 5.76. The third-order valence-corrected chi connectivity index (χ3v) is 16.0. The van der Waals surface area contributed by atoms with Gasteiger partial charge in [0.05, 0.1) is 25.4 Å². The maximum absolute atomic E-state index is 12.5. The van der Waals surface area contributed by atoms with Gasteiger partial charge in [-0.05, 0) is 96.3 Å². The van der Waals surface area contributed by atoms with Crippen LogP contribution in [0, 0.1) is 0 Å². The minimum absolute atomic E-state index is 0.00559. The number of ether oxygens (including phenoxy) is 1. The van der Waals surface area contributed by atoms with Gasteiger partial charge in [-0.3, -0.25) is 9.59 Å². The summed E-state index contributed by atoms with van der Waals surface area (Å²) in [4.78, 5) is 24.6. The van der Waals surface area contributed by atoms with Crippen LogP contribution in [-0.4, -0.2) is 47.4 Å². The molecule has 3 N–H and O–H groups in total. The number of carbonyl (C=O) groups excluding carboxylic acids is 2. The number of esters is 1. The average Bonchev–Trinajstić information content (AvgIpc) is 3.45. The first-order chi connectivity index (χ1) is 39.0. The number of hydrogen-bond donors (Lipinski definition) is 3. The van der Waals surface area contributed by atoms with Crippen LogP contribution >= 0.6 is 0 Å². The van der Waals surface area contributed by atoms with Crippen molar-refractivity contribution >= 4 is 11.9 Å². The highest BCUT2D eigenvalue weighted by Gasteiger charge is 2.18. The Morgan fingerprint density at radius 1 is 0.354 bits per heavy atom. The molecule has 79 heavy (non-hydrogen) atoms. The van der Waals surface area contributed by atoms with E-state index < -0.39 is 12.1 Å². The molecule has 6 nitrogen and oxygen atoms in total. The van der Waals surface area contributed by atoms with Crippen LogP contribution in [0.4, 0.5) is 0 Å². The molecular weight excluding hydrogens is 971 g/mol. The summed E-state index contributed by atoms with van der Waals surface area (Å²) in [6.45, 7) is 4.89. The number of carbonyl (C=O) groups is 2. The molecule has 0 aromatic carbocycles. The van der Waals surface area contributed by atoms with Crippen LogP contribution in [0.2, 0.25) is 0 Å². The lowest BCUT2D eigenvalue weighted by Gasteiger charge is -2.20. The highest BCUT2D eigenvalue weighted by atomic mass is 16.5. The van der Waals surface area contributed by atoms with E-state index in [0.717, 1.165) is 57.8 Å². The van der Waals surface area contributed by atoms with Crippen molar-refractivity contribution < 1.29 is 24.5 Å². The zero-order valence-corrected chi connectivity index (χ0v) is 52.9. The van der Waals surface area contributed by atoms with Crippen molar-refractivity contribution in [2.45, 2.75) is 379 Å². The molecule has 0 aliphatic heterocycles. The van der Waals surface area contributed by atoms with E-state index in [-0.39, 0.29) is 18.5 Å². The second-order valence-electron chi connectivity index (χ2n) is 23.9. The molecule has 0 aliphatic rings. The van der Waals surface area contributed by atoms with Crippen LogP contribution in [0.5, 0.6) is 0 Å². The molecule has 0 heterocycles. The van der Waals surface area contributed by atoms with Gasteiger partial charge in [0.2, 0.25) is 5.91 Å². The Kier molecular flexibility index (Phi) is 66.0. The number of hydrogen-bond acceptors (Lipinski definition) is 5. The number of allylic oxidation sites excluding steroid dienone is 9. The summed E-state index contributed by atoms with van der Waals surface area (Å²) in [7, 11) is 0. The van der Waals surface area contributed by atoms with Gasteiger partial charge in [-0.15, -0.1) is 0 Å². The van der Waals surface area contributed by atoms with Gasteiger partial charge >= 0.3 is 5.97 Å². The van der Waals surface area contributed by atoms with Crippen molar-refractivity contribution in [1.82, 2.24) is 5.32 Å². The van der Waals surface area contributed by atoms with E-state index in [2.05, 4.69) is 67.8 Å². The number of aliphatic hydroxyl groups excluding tert-OH is 2. The Morgan fingerprint density at radius 2 is 0.633 bits per heavy atom. The van der Waals surface area contributed by atoms with Gasteiger partial charge in [-0.2, -0.15) is 0 Å². The van der Waals surface area contributed by atoms with E-state index in [1.54, 1.807) is 6.08 Å². The Balaban J connectivity index is 3.47. The second-order valence-corrected chi connectivity index (χ2v) is 23.9. The van der Waals surface area contributed by atoms with Crippen LogP contribution < -0.4 is 5.32 Å². The Morgan fingerprint density at radius 3 is 0.987 bits per heavy atom. The van der Waals surface area contributed by atoms with Gasteiger partial charge in [0, 0.05) is 12.8 Å². The first-order valence-corrected chi connectivity index (χ1v) is 35.1. The lowest BCUT2D eigenvalue weighted by Crippen LogP contribution is -2.45. The van der Waals surface area contributed by atoms with Gasteiger partial charge in [0.15, 0.2) is 0 Å². The standard InChI is InChI=1S/C73H135NO5/c1-3-5-7-9-11-13-15-17-19-20-21-22-28-31-34-38-41-45-49-53-57-61-65-71(76)70(69-75)74-72(77)66-62-58-54-50-46-42-39-35-32-29-26-24-23-25-27-30-33-36-40-44-48-52-56-60-64-68-79-73(78)67-63-59-55-51-47-43-37-18-16-14-12-10-8-6-4-2/h12,14,18,24-27,37,61,65,70-71,75-76H,3-11,13,15-17,19-23,28-36,38-60,62-64,66-69H2,1-2H3,(H,74,77)/b14-12-,26-24-,27-25-,37-18-,65-61+. The lowest BCUT2D eigenvalue weighted by atomic mass is 10.0. The fourth-order valence-electron chi connectivity index (χ4n) is 10.6. The molecule has 0 saturated heterocycles. The summed E-state index contributed by atoms with van der Waals surface area (Å²) in [5.41, 5.74) is 0. The zero-order valence-electron chi connectivity index (χ0n) is 52.9. The second kappa shape index (κ2) is 68.1. The molecule has 0 radical (unpaired) electrons. The summed E-state index contributed by atoms with van der Waals surface area (Å²) in [6.07, 6.45) is 90.0. The quantitative estimate of drug-likeness (QED) is 0.0320. The molecule has 0 fully saturated rings. The minimum Gasteiger partial charge on any atom is -0.466 e. The SMILES string of the molecule is CCCCC/C=C\C/C=C\CCCCCCCC(=O)OCCCCCCCCCCC/C=C\C/C=C\CCCCCCCCCCCC(=O)NC(CO)C(O)/C=C/CCCCCCCCCCCCCCCCCCCCCC.